The molecule has 65 heavy (non-hydrogen) atoms. The number of fused-ring (bicyclic) bond motifs is 3. The molecule has 0 radical (unpaired) electrons. The summed E-state index contributed by atoms with van der Waals surface area (Å²) in [5.74, 6) is -1.68. The largest absolute Gasteiger partial charge is 0.478 e. The van der Waals surface area contributed by atoms with E-state index in [1.54, 1.807) is 34.8 Å². The minimum absolute atomic E-state index is 0. The van der Waals surface area contributed by atoms with Crippen LogP contribution in [0.1, 0.15) is 64.7 Å². The quantitative estimate of drug-likeness (QED) is 0.0441. The van der Waals surface area contributed by atoms with Crippen LogP contribution in [-0.4, -0.2) is 44.3 Å². The van der Waals surface area contributed by atoms with Crippen molar-refractivity contribution in [1.82, 2.24) is 9.97 Å². The van der Waals surface area contributed by atoms with Crippen LogP contribution >= 0.6 is 47.9 Å². The Bertz CT molecular complexity index is 2890. The SMILES string of the molecule is C.C.C.Cc1ccc(-c2nc3cc4nc(C5=Nc6ccc(C)cc6C5)sc4cc3s2)cc1.Nc1cc(S)c(N)cc1S.Nc1ccc(C(=O)O)cc1N.O=COc1ccc(C(=O)O)cc1. The van der Waals surface area contributed by atoms with Gasteiger partial charge in [-0.3, -0.25) is 4.79 Å². The number of hydrogen-bond donors (Lipinski definition) is 8. The number of hydrogen-bond acceptors (Lipinski definition) is 15. The zero-order valence-corrected chi connectivity index (χ0v) is 36.5. The topological polar surface area (TPSA) is 243 Å². The maximum atomic E-state index is 10.4. The van der Waals surface area contributed by atoms with Crippen LogP contribution in [0.3, 0.4) is 0 Å². The number of carboxylic acid groups (broad SMARTS) is 2. The maximum absolute atomic E-state index is 10.4. The van der Waals surface area contributed by atoms with Gasteiger partial charge in [-0.05, 0) is 92.2 Å². The first-order chi connectivity index (χ1) is 29.6. The van der Waals surface area contributed by atoms with Crippen LogP contribution in [0.2, 0.25) is 0 Å². The highest BCUT2D eigenvalue weighted by molar-refractivity contribution is 7.81. The number of thiazole rings is 2. The van der Waals surface area contributed by atoms with Gasteiger partial charge in [0, 0.05) is 33.2 Å². The third-order valence-electron chi connectivity index (χ3n) is 9.09. The van der Waals surface area contributed by atoms with Gasteiger partial charge in [-0.2, -0.15) is 0 Å². The van der Waals surface area contributed by atoms with E-state index in [1.807, 2.05) is 0 Å². The second-order valence-corrected chi connectivity index (χ2v) is 16.7. The van der Waals surface area contributed by atoms with Crippen molar-refractivity contribution in [3.05, 3.63) is 142 Å². The van der Waals surface area contributed by atoms with Gasteiger partial charge >= 0.3 is 11.9 Å². The molecule has 13 nitrogen and oxygen atoms in total. The number of thiol groups is 2. The number of benzene rings is 6. The smallest absolute Gasteiger partial charge is 0.335 e. The third kappa shape index (κ3) is 13.3. The number of carbonyl (C=O) groups excluding carboxylic acids is 1. The van der Waals surface area contributed by atoms with Gasteiger partial charge < -0.3 is 37.9 Å². The highest BCUT2D eigenvalue weighted by atomic mass is 32.1. The van der Waals surface area contributed by atoms with Crippen molar-refractivity contribution in [1.29, 1.82) is 0 Å². The Balaban J connectivity index is 0.000000261. The van der Waals surface area contributed by atoms with Crippen LogP contribution in [0.5, 0.6) is 5.75 Å². The monoisotopic (exact) mass is 949 g/mol. The minimum Gasteiger partial charge on any atom is -0.478 e. The number of aryl methyl sites for hydroxylation is 2. The molecule has 3 heterocycles. The van der Waals surface area contributed by atoms with Crippen LogP contribution in [0, 0.1) is 13.8 Å². The molecular formula is C48H51N7O6S4. The van der Waals surface area contributed by atoms with Crippen LogP contribution in [0.15, 0.2) is 124 Å². The second kappa shape index (κ2) is 23.1. The number of nitrogens with two attached hydrogens (primary N) is 4. The lowest BCUT2D eigenvalue weighted by molar-refractivity contribution is -0.120. The molecule has 2 aromatic heterocycles. The number of rotatable bonds is 6. The van der Waals surface area contributed by atoms with Crippen molar-refractivity contribution in [2.24, 2.45) is 4.99 Å². The summed E-state index contributed by atoms with van der Waals surface area (Å²) >= 11 is 11.6. The Morgan fingerprint density at radius 2 is 1.17 bits per heavy atom. The number of aromatic nitrogens is 2. The van der Waals surface area contributed by atoms with E-state index in [0.717, 1.165) is 38.9 Å². The van der Waals surface area contributed by atoms with E-state index in [-0.39, 0.29) is 39.9 Å². The van der Waals surface area contributed by atoms with Gasteiger partial charge in [0.15, 0.2) is 0 Å². The number of aromatic carboxylic acids is 2. The van der Waals surface area contributed by atoms with Crippen molar-refractivity contribution in [3.63, 3.8) is 0 Å². The Labute approximate surface area is 396 Å². The molecule has 6 aromatic carbocycles. The second-order valence-electron chi connectivity index (χ2n) is 13.7. The van der Waals surface area contributed by atoms with E-state index in [9.17, 15) is 14.4 Å². The van der Waals surface area contributed by atoms with Crippen LogP contribution < -0.4 is 27.7 Å². The van der Waals surface area contributed by atoms with Gasteiger partial charge in [0.1, 0.15) is 15.8 Å². The fourth-order valence-corrected chi connectivity index (χ4v) is 8.24. The molecular weight excluding hydrogens is 899 g/mol. The van der Waals surface area contributed by atoms with Crippen molar-refractivity contribution in [3.8, 4) is 16.3 Å². The third-order valence-corrected chi connectivity index (χ3v) is 12.0. The predicted octanol–water partition coefficient (Wildman–Crippen LogP) is 11.7. The summed E-state index contributed by atoms with van der Waals surface area (Å²) < 4.78 is 6.87. The van der Waals surface area contributed by atoms with Crippen LogP contribution in [0.25, 0.3) is 31.0 Å². The van der Waals surface area contributed by atoms with Crippen molar-refractivity contribution in [2.45, 2.75) is 52.3 Å². The van der Waals surface area contributed by atoms with Crippen molar-refractivity contribution in [2.75, 3.05) is 22.9 Å². The first kappa shape index (κ1) is 52.4. The molecule has 0 saturated carbocycles. The van der Waals surface area contributed by atoms with Gasteiger partial charge in [-0.1, -0.05) is 69.8 Å². The lowest BCUT2D eigenvalue weighted by atomic mass is 10.1. The molecule has 0 atom stereocenters. The highest BCUT2D eigenvalue weighted by Gasteiger charge is 2.20. The molecule has 1 aliphatic heterocycles. The first-order valence-electron chi connectivity index (χ1n) is 18.4. The van der Waals surface area contributed by atoms with Crippen LogP contribution in [0.4, 0.5) is 28.4 Å². The van der Waals surface area contributed by atoms with E-state index < -0.39 is 11.9 Å². The van der Waals surface area contributed by atoms with Gasteiger partial charge in [0.25, 0.3) is 6.47 Å². The Morgan fingerprint density at radius 3 is 1.72 bits per heavy atom. The number of ether oxygens (including phenoxy) is 1. The summed E-state index contributed by atoms with van der Waals surface area (Å²) in [6.07, 6.45) is 0.862. The van der Waals surface area contributed by atoms with Gasteiger partial charge in [0.2, 0.25) is 0 Å². The fourth-order valence-electron chi connectivity index (χ4n) is 5.80. The number of anilines is 4. The molecule has 338 valence electrons. The number of carboxylic acids is 2. The van der Waals surface area contributed by atoms with E-state index in [1.165, 1.54) is 74.1 Å². The summed E-state index contributed by atoms with van der Waals surface area (Å²) in [6, 6.07) is 32.5. The van der Waals surface area contributed by atoms with E-state index in [2.05, 4.69) is 98.4 Å². The zero-order valence-electron chi connectivity index (χ0n) is 33.1. The molecule has 10 N–H and O–H groups in total. The van der Waals surface area contributed by atoms with E-state index >= 15 is 0 Å². The van der Waals surface area contributed by atoms with Crippen molar-refractivity contribution >= 4 is 121 Å². The minimum atomic E-state index is -1.01. The van der Waals surface area contributed by atoms with E-state index in [4.69, 9.17) is 48.1 Å². The van der Waals surface area contributed by atoms with Gasteiger partial charge in [0.05, 0.1) is 54.3 Å². The molecule has 17 heteroatoms. The van der Waals surface area contributed by atoms with Gasteiger partial charge in [-0.25, -0.2) is 24.5 Å². The fraction of sp³-hybridized carbons (Fsp3) is 0.125. The lowest BCUT2D eigenvalue weighted by Crippen LogP contribution is -2.00. The zero-order chi connectivity index (χ0) is 44.7. The Hall–Kier alpha value is -6.92. The molecule has 0 saturated heterocycles. The molecule has 0 aliphatic carbocycles. The lowest BCUT2D eigenvalue weighted by Gasteiger charge is -2.02. The molecule has 0 unspecified atom stereocenters. The predicted molar refractivity (Wildman–Crippen MR) is 276 cm³/mol. The molecule has 0 amide bonds. The molecule has 8 aromatic rings. The average Bonchev–Trinajstić information content (AvgIpc) is 3.98. The standard InChI is InChI=1S/C24H17N3S2.C8H6O4.C7H8N2O2.C6H8N2S2.3CH4/c1-13-3-6-15(7-4-13)23-26-18-11-19-22(12-21(18)28-23)29-24(27-19)20-10-16-9-14(2)5-8-17(16)25-20;9-5-12-7-3-1-6(2-4-7)8(10)11;8-5-2-1-4(7(10)11)3-6(5)9;7-3-1-5(9)4(8)2-6(3)10;;;/h3-9,11-12H,10H2,1-2H3;1-5H,(H,10,11);1-3H,8-9H2,(H,10,11);1-2,9-10H,7-8H2;3*1H4. The first-order valence-corrected chi connectivity index (χ1v) is 21.0. The Kier molecular flexibility index (Phi) is 18.7. The number of carbonyl (C=O) groups is 3. The van der Waals surface area contributed by atoms with Crippen LogP contribution in [-0.2, 0) is 11.2 Å². The number of nitrogens with zero attached hydrogens (tertiary/aromatic N) is 3. The average molecular weight is 950 g/mol. The van der Waals surface area contributed by atoms with E-state index in [0.29, 0.717) is 38.3 Å². The summed E-state index contributed by atoms with van der Waals surface area (Å²) in [7, 11) is 0. The molecule has 0 spiro atoms. The highest BCUT2D eigenvalue weighted by Crippen LogP contribution is 2.37. The molecule has 9 rings (SSSR count). The van der Waals surface area contributed by atoms with Crippen molar-refractivity contribution < 1.29 is 29.3 Å². The molecule has 1 aliphatic rings. The summed E-state index contributed by atoms with van der Waals surface area (Å²) in [4.78, 5) is 46.6. The Morgan fingerprint density at radius 1 is 0.631 bits per heavy atom. The van der Waals surface area contributed by atoms with Gasteiger partial charge in [-0.15, -0.1) is 47.9 Å². The molecule has 0 bridgehead atoms. The maximum Gasteiger partial charge on any atom is 0.335 e. The summed E-state index contributed by atoms with van der Waals surface area (Å²) in [6.45, 7) is 4.52. The summed E-state index contributed by atoms with van der Waals surface area (Å²) in [5.41, 5.74) is 33.1. The molecule has 0 fully saturated rings. The number of aliphatic imine (C=N–C) groups is 1. The number of nitrogen functional groups attached to an aromatic ring is 4. The summed E-state index contributed by atoms with van der Waals surface area (Å²) in [5, 5.41) is 19.1. The normalized spacial score (nSPS) is 10.7.